The van der Waals surface area contributed by atoms with Crippen LogP contribution in [0.25, 0.3) is 0 Å². The van der Waals surface area contributed by atoms with Gasteiger partial charge in [0.15, 0.2) is 5.17 Å². The number of hydrogen-bond acceptors (Lipinski definition) is 2. The summed E-state index contributed by atoms with van der Waals surface area (Å²) < 4.78 is 0. The zero-order valence-electron chi connectivity index (χ0n) is 13.0. The van der Waals surface area contributed by atoms with E-state index in [-0.39, 0.29) is 0 Å². The Kier molecular flexibility index (Phi) is 5.22. The summed E-state index contributed by atoms with van der Waals surface area (Å²) in [6.45, 7) is 9.23. The molecule has 0 amide bonds. The Labute approximate surface area is 123 Å². The van der Waals surface area contributed by atoms with Crippen molar-refractivity contribution < 1.29 is 0 Å². The third kappa shape index (κ3) is 3.68. The molecule has 1 spiro atoms. The minimum atomic E-state index is 0.379. The molecule has 2 nitrogen and oxygen atoms in total. The molecule has 2 aliphatic rings. The first-order valence-corrected chi connectivity index (χ1v) is 9.06. The Balaban J connectivity index is 1.94. The first-order valence-electron chi connectivity index (χ1n) is 8.07. The predicted octanol–water partition coefficient (Wildman–Crippen LogP) is 4.45. The number of nitrogens with one attached hydrogen (secondary N) is 1. The summed E-state index contributed by atoms with van der Waals surface area (Å²) in [5.41, 5.74) is 0.379. The fraction of sp³-hybridized carbons (Fsp3) is 0.938. The molecule has 110 valence electrons. The van der Waals surface area contributed by atoms with E-state index in [1.807, 2.05) is 11.8 Å². The zero-order valence-corrected chi connectivity index (χ0v) is 13.9. The van der Waals surface area contributed by atoms with Gasteiger partial charge in [-0.05, 0) is 44.4 Å². The highest BCUT2D eigenvalue weighted by Crippen LogP contribution is 2.38. The van der Waals surface area contributed by atoms with Crippen LogP contribution in [0.2, 0.25) is 0 Å². The molecule has 1 N–H and O–H groups in total. The van der Waals surface area contributed by atoms with Gasteiger partial charge in [-0.25, -0.2) is 0 Å². The molecule has 0 bridgehead atoms. The van der Waals surface area contributed by atoms with Gasteiger partial charge in [0.25, 0.3) is 0 Å². The van der Waals surface area contributed by atoms with Crippen LogP contribution in [0.15, 0.2) is 4.99 Å². The maximum atomic E-state index is 4.96. The van der Waals surface area contributed by atoms with Crippen molar-refractivity contribution in [1.29, 1.82) is 0 Å². The van der Waals surface area contributed by atoms with Gasteiger partial charge in [0, 0.05) is 11.3 Å². The van der Waals surface area contributed by atoms with Gasteiger partial charge in [0.05, 0.1) is 6.04 Å². The lowest BCUT2D eigenvalue weighted by atomic mass is 9.78. The Bertz CT molecular complexity index is 315. The van der Waals surface area contributed by atoms with Gasteiger partial charge in [-0.1, -0.05) is 45.4 Å². The minimum absolute atomic E-state index is 0.379. The highest BCUT2D eigenvalue weighted by atomic mass is 32.2. The molecule has 0 aromatic rings. The molecule has 2 fully saturated rings. The van der Waals surface area contributed by atoms with E-state index >= 15 is 0 Å². The lowest BCUT2D eigenvalue weighted by Gasteiger charge is -2.35. The summed E-state index contributed by atoms with van der Waals surface area (Å²) in [4.78, 5) is 4.96. The van der Waals surface area contributed by atoms with Gasteiger partial charge < -0.3 is 5.32 Å². The summed E-state index contributed by atoms with van der Waals surface area (Å²) in [7, 11) is 0. The summed E-state index contributed by atoms with van der Waals surface area (Å²) in [5, 5.41) is 4.99. The Morgan fingerprint density at radius 1 is 1.32 bits per heavy atom. The van der Waals surface area contributed by atoms with E-state index in [9.17, 15) is 0 Å². The van der Waals surface area contributed by atoms with Gasteiger partial charge in [-0.2, -0.15) is 0 Å². The van der Waals surface area contributed by atoms with E-state index in [2.05, 4.69) is 33.0 Å². The molecule has 1 unspecified atom stereocenters. The van der Waals surface area contributed by atoms with Crippen molar-refractivity contribution in [2.75, 3.05) is 5.75 Å². The van der Waals surface area contributed by atoms with E-state index in [1.165, 1.54) is 49.4 Å². The maximum absolute atomic E-state index is 4.96. The number of nitrogens with zero attached hydrogens (tertiary/aromatic N) is 1. The molecule has 0 aromatic carbocycles. The quantitative estimate of drug-likeness (QED) is 0.823. The fourth-order valence-electron chi connectivity index (χ4n) is 3.42. The first-order chi connectivity index (χ1) is 9.08. The van der Waals surface area contributed by atoms with Crippen molar-refractivity contribution in [3.05, 3.63) is 0 Å². The summed E-state index contributed by atoms with van der Waals surface area (Å²) >= 11 is 1.95. The van der Waals surface area contributed by atoms with Gasteiger partial charge in [0.1, 0.15) is 0 Å². The summed E-state index contributed by atoms with van der Waals surface area (Å²) in [6, 6.07) is 0.461. The van der Waals surface area contributed by atoms with Crippen LogP contribution in [0.5, 0.6) is 0 Å². The monoisotopic (exact) mass is 282 g/mol. The third-order valence-corrected chi connectivity index (χ3v) is 6.32. The molecule has 1 atom stereocenters. The van der Waals surface area contributed by atoms with Gasteiger partial charge >= 0.3 is 0 Å². The standard InChI is InChI=1S/C16H30N2S/c1-5-14(6-2)13(4)17-15-18-16(11-19-15)9-7-12(3)8-10-16/h12-14H,5-11H2,1-4H3,(H,17,18). The second-order valence-corrected chi connectivity index (χ2v) is 7.59. The predicted molar refractivity (Wildman–Crippen MR) is 86.9 cm³/mol. The molecule has 3 heteroatoms. The van der Waals surface area contributed by atoms with E-state index in [0.717, 1.165) is 11.8 Å². The van der Waals surface area contributed by atoms with Crippen LogP contribution < -0.4 is 5.32 Å². The fourth-order valence-corrected chi connectivity index (χ4v) is 4.72. The number of hydrogen-bond donors (Lipinski definition) is 1. The summed E-state index contributed by atoms with van der Waals surface area (Å²) in [6.07, 6.45) is 7.90. The van der Waals surface area contributed by atoms with E-state index in [4.69, 9.17) is 4.99 Å². The van der Waals surface area contributed by atoms with E-state index < -0.39 is 0 Å². The average Bonchev–Trinajstić information content (AvgIpc) is 2.78. The van der Waals surface area contributed by atoms with Crippen LogP contribution in [0.3, 0.4) is 0 Å². The molecule has 19 heavy (non-hydrogen) atoms. The lowest BCUT2D eigenvalue weighted by molar-refractivity contribution is 0.250. The molecule has 2 rings (SSSR count). The highest BCUT2D eigenvalue weighted by Gasteiger charge is 2.39. The zero-order chi connectivity index (χ0) is 13.9. The van der Waals surface area contributed by atoms with Crippen molar-refractivity contribution in [2.45, 2.75) is 77.8 Å². The Morgan fingerprint density at radius 3 is 2.53 bits per heavy atom. The van der Waals surface area contributed by atoms with Crippen molar-refractivity contribution in [3.63, 3.8) is 0 Å². The normalized spacial score (nSPS) is 35.0. The van der Waals surface area contributed by atoms with E-state index in [1.54, 1.807) is 0 Å². The van der Waals surface area contributed by atoms with E-state index in [0.29, 0.717) is 11.6 Å². The SMILES string of the molecule is CCC(CC)C(C)N=C1NC2(CCC(C)CC2)CS1. The molecule has 0 aromatic heterocycles. The molecule has 1 aliphatic carbocycles. The van der Waals surface area contributed by atoms with Gasteiger partial charge in [-0.15, -0.1) is 0 Å². The van der Waals surface area contributed by atoms with Crippen LogP contribution in [0.4, 0.5) is 0 Å². The smallest absolute Gasteiger partial charge is 0.157 e. The second kappa shape index (κ2) is 6.51. The largest absolute Gasteiger partial charge is 0.359 e. The number of rotatable bonds is 4. The number of aliphatic imine (C=N–C) groups is 1. The van der Waals surface area contributed by atoms with Crippen LogP contribution in [-0.4, -0.2) is 22.5 Å². The Morgan fingerprint density at radius 2 is 1.95 bits per heavy atom. The van der Waals surface area contributed by atoms with Crippen LogP contribution in [0.1, 0.15) is 66.2 Å². The van der Waals surface area contributed by atoms with Gasteiger partial charge in [0.2, 0.25) is 0 Å². The number of amidine groups is 1. The minimum Gasteiger partial charge on any atom is -0.359 e. The highest BCUT2D eigenvalue weighted by molar-refractivity contribution is 8.14. The number of thioether (sulfide) groups is 1. The molecule has 1 saturated heterocycles. The van der Waals surface area contributed by atoms with Crippen molar-refractivity contribution in [2.24, 2.45) is 16.8 Å². The molecular weight excluding hydrogens is 252 g/mol. The third-order valence-electron chi connectivity index (χ3n) is 5.14. The van der Waals surface area contributed by atoms with Crippen molar-refractivity contribution in [1.82, 2.24) is 5.32 Å². The molecule has 0 radical (unpaired) electrons. The lowest BCUT2D eigenvalue weighted by Crippen LogP contribution is -2.46. The van der Waals surface area contributed by atoms with Crippen LogP contribution in [0, 0.1) is 11.8 Å². The average molecular weight is 282 g/mol. The summed E-state index contributed by atoms with van der Waals surface area (Å²) in [5.74, 6) is 2.88. The Hall–Kier alpha value is -0.180. The second-order valence-electron chi connectivity index (χ2n) is 6.63. The molecular formula is C16H30N2S. The van der Waals surface area contributed by atoms with Crippen molar-refractivity contribution in [3.8, 4) is 0 Å². The van der Waals surface area contributed by atoms with Gasteiger partial charge in [-0.3, -0.25) is 4.99 Å². The first kappa shape index (κ1) is 15.2. The molecule has 1 aliphatic heterocycles. The maximum Gasteiger partial charge on any atom is 0.157 e. The molecule has 1 saturated carbocycles. The molecule has 1 heterocycles. The van der Waals surface area contributed by atoms with Crippen LogP contribution in [-0.2, 0) is 0 Å². The van der Waals surface area contributed by atoms with Crippen LogP contribution >= 0.6 is 11.8 Å². The topological polar surface area (TPSA) is 24.4 Å². The van der Waals surface area contributed by atoms with Crippen molar-refractivity contribution >= 4 is 16.9 Å².